The lowest BCUT2D eigenvalue weighted by atomic mass is 10.0. The number of aliphatic hydroxyl groups excluding tert-OH is 1. The van der Waals surface area contributed by atoms with Crippen LogP contribution in [0.3, 0.4) is 0 Å². The van der Waals surface area contributed by atoms with Crippen molar-refractivity contribution in [3.8, 4) is 0 Å². The van der Waals surface area contributed by atoms with Crippen molar-refractivity contribution in [3.05, 3.63) is 0 Å². The van der Waals surface area contributed by atoms with E-state index in [2.05, 4.69) is 11.8 Å². The first kappa shape index (κ1) is 12.9. The summed E-state index contributed by atoms with van der Waals surface area (Å²) in [5, 5.41) is 19.5. The average molecular weight is 215 g/mol. The molecule has 1 rings (SSSR count). The van der Waals surface area contributed by atoms with Crippen LogP contribution >= 0.6 is 0 Å². The molecular formula is C12H25NO2. The Morgan fingerprint density at radius 1 is 1.33 bits per heavy atom. The van der Waals surface area contributed by atoms with Crippen molar-refractivity contribution in [2.24, 2.45) is 5.92 Å². The summed E-state index contributed by atoms with van der Waals surface area (Å²) in [6, 6.07) is 0. The normalized spacial score (nSPS) is 27.6. The highest BCUT2D eigenvalue weighted by atomic mass is 16.3. The fraction of sp³-hybridized carbons (Fsp3) is 1.00. The van der Waals surface area contributed by atoms with Gasteiger partial charge in [0.1, 0.15) is 0 Å². The first-order valence-electron chi connectivity index (χ1n) is 6.05. The fourth-order valence-corrected chi connectivity index (χ4v) is 2.41. The summed E-state index contributed by atoms with van der Waals surface area (Å²) in [6.45, 7) is 8.32. The summed E-state index contributed by atoms with van der Waals surface area (Å²) in [4.78, 5) is 2.24. The maximum Gasteiger partial charge on any atom is 0.0718 e. The van der Waals surface area contributed by atoms with Gasteiger partial charge in [0.2, 0.25) is 0 Å². The predicted octanol–water partition coefficient (Wildman–Crippen LogP) is 1.24. The van der Waals surface area contributed by atoms with Crippen LogP contribution in [0.25, 0.3) is 0 Å². The van der Waals surface area contributed by atoms with Crippen LogP contribution in [-0.4, -0.2) is 46.5 Å². The topological polar surface area (TPSA) is 43.7 Å². The predicted molar refractivity (Wildman–Crippen MR) is 61.8 cm³/mol. The van der Waals surface area contributed by atoms with Gasteiger partial charge in [0.25, 0.3) is 0 Å². The molecule has 0 aromatic heterocycles. The molecule has 1 saturated carbocycles. The van der Waals surface area contributed by atoms with Crippen LogP contribution in [0.4, 0.5) is 0 Å². The van der Waals surface area contributed by atoms with E-state index in [9.17, 15) is 10.2 Å². The summed E-state index contributed by atoms with van der Waals surface area (Å²) >= 11 is 0. The van der Waals surface area contributed by atoms with Gasteiger partial charge in [0.15, 0.2) is 0 Å². The van der Waals surface area contributed by atoms with Gasteiger partial charge in [-0.1, -0.05) is 13.3 Å². The quantitative estimate of drug-likeness (QED) is 0.725. The van der Waals surface area contributed by atoms with Crippen molar-refractivity contribution in [1.82, 2.24) is 4.90 Å². The van der Waals surface area contributed by atoms with Gasteiger partial charge in [-0.2, -0.15) is 0 Å². The van der Waals surface area contributed by atoms with Crippen LogP contribution in [0.15, 0.2) is 0 Å². The zero-order valence-electron chi connectivity index (χ0n) is 10.2. The summed E-state index contributed by atoms with van der Waals surface area (Å²) in [5.41, 5.74) is -0.639. The van der Waals surface area contributed by atoms with E-state index in [1.54, 1.807) is 0 Å². The smallest absolute Gasteiger partial charge is 0.0718 e. The van der Waals surface area contributed by atoms with Crippen molar-refractivity contribution in [2.45, 2.75) is 51.7 Å². The lowest BCUT2D eigenvalue weighted by Crippen LogP contribution is -2.42. The molecule has 2 unspecified atom stereocenters. The van der Waals surface area contributed by atoms with Crippen molar-refractivity contribution in [3.63, 3.8) is 0 Å². The Labute approximate surface area is 93.1 Å². The number of nitrogens with zero attached hydrogens (tertiary/aromatic N) is 1. The second-order valence-corrected chi connectivity index (χ2v) is 5.40. The summed E-state index contributed by atoms with van der Waals surface area (Å²) in [7, 11) is 0. The SMILES string of the molecule is CCN(CC1CCCC1O)CC(C)(C)O. The van der Waals surface area contributed by atoms with Crippen molar-refractivity contribution in [1.29, 1.82) is 0 Å². The summed E-state index contributed by atoms with van der Waals surface area (Å²) in [6.07, 6.45) is 3.10. The first-order chi connectivity index (χ1) is 6.92. The van der Waals surface area contributed by atoms with E-state index >= 15 is 0 Å². The van der Waals surface area contributed by atoms with Crippen LogP contribution in [0.1, 0.15) is 40.0 Å². The van der Waals surface area contributed by atoms with Gasteiger partial charge in [-0.3, -0.25) is 0 Å². The van der Waals surface area contributed by atoms with Gasteiger partial charge < -0.3 is 15.1 Å². The zero-order chi connectivity index (χ0) is 11.5. The van der Waals surface area contributed by atoms with Gasteiger partial charge in [-0.15, -0.1) is 0 Å². The van der Waals surface area contributed by atoms with Crippen molar-refractivity contribution >= 4 is 0 Å². The van der Waals surface area contributed by atoms with E-state index in [4.69, 9.17) is 0 Å². The number of rotatable bonds is 5. The van der Waals surface area contributed by atoms with Gasteiger partial charge in [-0.05, 0) is 39.2 Å². The third-order valence-corrected chi connectivity index (χ3v) is 3.17. The van der Waals surface area contributed by atoms with E-state index < -0.39 is 5.60 Å². The third-order valence-electron chi connectivity index (χ3n) is 3.17. The molecule has 3 nitrogen and oxygen atoms in total. The van der Waals surface area contributed by atoms with E-state index in [0.717, 1.165) is 32.4 Å². The summed E-state index contributed by atoms with van der Waals surface area (Å²) in [5.74, 6) is 0.410. The molecule has 0 radical (unpaired) electrons. The molecule has 0 spiro atoms. The minimum absolute atomic E-state index is 0.124. The molecule has 0 amide bonds. The molecule has 2 atom stereocenters. The molecule has 15 heavy (non-hydrogen) atoms. The minimum Gasteiger partial charge on any atom is -0.393 e. The zero-order valence-corrected chi connectivity index (χ0v) is 10.2. The number of likely N-dealkylation sites (N-methyl/N-ethyl adjacent to an activating group) is 1. The number of hydrogen-bond donors (Lipinski definition) is 2. The van der Waals surface area contributed by atoms with Gasteiger partial charge in [-0.25, -0.2) is 0 Å². The number of aliphatic hydroxyl groups is 2. The third kappa shape index (κ3) is 4.49. The Bertz CT molecular complexity index is 189. The van der Waals surface area contributed by atoms with E-state index in [1.165, 1.54) is 0 Å². The van der Waals surface area contributed by atoms with Crippen molar-refractivity contribution in [2.75, 3.05) is 19.6 Å². The van der Waals surface area contributed by atoms with Gasteiger partial charge in [0.05, 0.1) is 11.7 Å². The van der Waals surface area contributed by atoms with E-state index in [1.807, 2.05) is 13.8 Å². The highest BCUT2D eigenvalue weighted by molar-refractivity contribution is 4.81. The molecular weight excluding hydrogens is 190 g/mol. The van der Waals surface area contributed by atoms with Crippen LogP contribution in [0.5, 0.6) is 0 Å². The average Bonchev–Trinajstić information content (AvgIpc) is 2.48. The van der Waals surface area contributed by atoms with Crippen LogP contribution in [0, 0.1) is 5.92 Å². The molecule has 0 heterocycles. The highest BCUT2D eigenvalue weighted by Gasteiger charge is 2.28. The molecule has 1 aliphatic rings. The lowest BCUT2D eigenvalue weighted by molar-refractivity contribution is 0.0230. The van der Waals surface area contributed by atoms with E-state index in [-0.39, 0.29) is 6.10 Å². The van der Waals surface area contributed by atoms with Crippen LogP contribution in [0.2, 0.25) is 0 Å². The Hall–Kier alpha value is -0.120. The molecule has 0 aliphatic heterocycles. The van der Waals surface area contributed by atoms with Gasteiger partial charge >= 0.3 is 0 Å². The molecule has 0 aromatic rings. The molecule has 1 fully saturated rings. The monoisotopic (exact) mass is 215 g/mol. The Morgan fingerprint density at radius 2 is 2.00 bits per heavy atom. The largest absolute Gasteiger partial charge is 0.393 e. The molecule has 0 saturated heterocycles. The van der Waals surface area contributed by atoms with E-state index in [0.29, 0.717) is 12.5 Å². The standard InChI is InChI=1S/C12H25NO2/c1-4-13(9-12(2,3)15)8-10-6-5-7-11(10)14/h10-11,14-15H,4-9H2,1-3H3. The number of hydrogen-bond acceptors (Lipinski definition) is 3. The first-order valence-corrected chi connectivity index (χ1v) is 6.05. The fourth-order valence-electron chi connectivity index (χ4n) is 2.41. The Balaban J connectivity index is 2.39. The minimum atomic E-state index is -0.639. The molecule has 2 N–H and O–H groups in total. The molecule has 1 aliphatic carbocycles. The Kier molecular flexibility index (Phi) is 4.56. The lowest BCUT2D eigenvalue weighted by Gasteiger charge is -2.30. The molecule has 0 bridgehead atoms. The Morgan fingerprint density at radius 3 is 2.40 bits per heavy atom. The molecule has 90 valence electrons. The highest BCUT2D eigenvalue weighted by Crippen LogP contribution is 2.26. The maximum atomic E-state index is 9.75. The molecule has 3 heteroatoms. The second-order valence-electron chi connectivity index (χ2n) is 5.40. The van der Waals surface area contributed by atoms with Gasteiger partial charge in [0, 0.05) is 13.1 Å². The molecule has 0 aromatic carbocycles. The van der Waals surface area contributed by atoms with Crippen molar-refractivity contribution < 1.29 is 10.2 Å². The summed E-state index contributed by atoms with van der Waals surface area (Å²) < 4.78 is 0. The van der Waals surface area contributed by atoms with Crippen LogP contribution in [-0.2, 0) is 0 Å². The maximum absolute atomic E-state index is 9.75. The van der Waals surface area contributed by atoms with Crippen LogP contribution < -0.4 is 0 Å². The second kappa shape index (κ2) is 5.28.